The number of rotatable bonds is 47. The number of hydrogen-bond donors (Lipinski definition) is 19. The SMILES string of the molecule is CC[C@H](C)[C@H](NC(=O)[C@H](CCC(=O)O)NC(=O)[C@H](CCC(=O)O)NC(=O)[C@H](Cc1ccccc1)NC(=O)[C@H](CC(=O)O)NC(=O)CN)C(=O)N1CCC[C@H]1C(=O)N[C@@H](CCC(=O)O)C(=O)N[C@@H](CCC(=O)O)C(=O)N[C@@H](Cc1ccc(O)cc1)C(=O)N[C@@H](CC(C)C)C(=O)N[C@@H](CCC(N)=O)C(=O)O. The molecule has 1 saturated heterocycles. The van der Waals surface area contributed by atoms with E-state index in [2.05, 4.69) is 53.2 Å². The standard InChI is InChI=1S/C66H93N13O25/c1-5-34(4)55(78-59(96)41(21-26-53(89)90)71-56(93)38(18-23-50(83)84)72-61(98)44(29-35-10-7-6-8-11-35)77-63(100)46(31-54(91)92)69-49(82)32-67)65(102)79-27-9-12-47(79)64(101)73-40(20-25-52(87)88)57(94)70-39(19-24-51(85)86)58(95)76-45(30-36-13-15-37(80)16-14-36)62(99)75-43(28-33(2)3)60(97)74-42(66(103)104)17-22-48(68)81/h6-8,10-11,13-16,33-34,38-47,55,80H,5,9,12,17-32,67H2,1-4H3,(H2,68,81)(H,69,82)(H,70,94)(H,71,93)(H,72,98)(H,73,101)(H,74,97)(H,75,99)(H,76,95)(H,77,100)(H,78,96)(H,83,84)(H,85,86)(H,87,88)(H,89,90)(H,91,92)(H,103,104)/t34-,38-,39-,40-,41-,42-,43-,44-,45-,46-,47-,55-/m0/s1. The smallest absolute Gasteiger partial charge is 0.326 e. The van der Waals surface area contributed by atoms with Gasteiger partial charge in [0.15, 0.2) is 0 Å². The summed E-state index contributed by atoms with van der Waals surface area (Å²) in [5.41, 5.74) is 11.2. The first-order valence-electron chi connectivity index (χ1n) is 33.4. The number of carboxylic acid groups (broad SMARTS) is 6. The minimum atomic E-state index is -1.89. The van der Waals surface area contributed by atoms with Crippen LogP contribution in [0.15, 0.2) is 54.6 Å². The second-order valence-corrected chi connectivity index (χ2v) is 25.2. The monoisotopic (exact) mass is 1470 g/mol. The van der Waals surface area contributed by atoms with E-state index < -0.39 is 263 Å². The van der Waals surface area contributed by atoms with Gasteiger partial charge in [0.25, 0.3) is 0 Å². The third-order valence-electron chi connectivity index (χ3n) is 16.5. The third kappa shape index (κ3) is 30.9. The van der Waals surface area contributed by atoms with E-state index in [1.165, 1.54) is 31.2 Å². The Labute approximate surface area is 596 Å². The van der Waals surface area contributed by atoms with Crippen LogP contribution in [0.2, 0.25) is 0 Å². The van der Waals surface area contributed by atoms with Crippen LogP contribution in [0.5, 0.6) is 5.75 Å². The number of likely N-dealkylation sites (tertiary alicyclic amines) is 1. The van der Waals surface area contributed by atoms with Gasteiger partial charge in [-0.25, -0.2) is 4.79 Å². The van der Waals surface area contributed by atoms with E-state index in [-0.39, 0.29) is 50.3 Å². The molecule has 38 nitrogen and oxygen atoms in total. The number of nitrogens with zero attached hydrogens (tertiary/aromatic N) is 1. The lowest BCUT2D eigenvalue weighted by atomic mass is 9.96. The molecule has 12 atom stereocenters. The predicted octanol–water partition coefficient (Wildman–Crippen LogP) is -3.65. The number of aromatic hydroxyl groups is 1. The first-order valence-corrected chi connectivity index (χ1v) is 33.4. The topological polar surface area (TPSA) is 624 Å². The largest absolute Gasteiger partial charge is 0.508 e. The molecule has 0 aromatic heterocycles. The van der Waals surface area contributed by atoms with E-state index in [0.29, 0.717) is 11.1 Å². The number of carbonyl (C=O) groups excluding carboxylic acids is 12. The van der Waals surface area contributed by atoms with Crippen LogP contribution in [0.3, 0.4) is 0 Å². The van der Waals surface area contributed by atoms with Crippen LogP contribution in [-0.4, -0.2) is 227 Å². The van der Waals surface area contributed by atoms with Gasteiger partial charge in [0.2, 0.25) is 70.9 Å². The maximum atomic E-state index is 14.8. The lowest BCUT2D eigenvalue weighted by Crippen LogP contribution is -2.61. The van der Waals surface area contributed by atoms with Gasteiger partial charge in [-0.3, -0.25) is 81.5 Å². The van der Waals surface area contributed by atoms with E-state index in [4.69, 9.17) is 11.5 Å². The van der Waals surface area contributed by atoms with Gasteiger partial charge in [-0.2, -0.15) is 0 Å². The summed E-state index contributed by atoms with van der Waals surface area (Å²) >= 11 is 0. The number of benzene rings is 2. The highest BCUT2D eigenvalue weighted by atomic mass is 16.4. The summed E-state index contributed by atoms with van der Waals surface area (Å²) in [5.74, 6) is -23.5. The van der Waals surface area contributed by atoms with Crippen molar-refractivity contribution in [2.24, 2.45) is 23.3 Å². The van der Waals surface area contributed by atoms with Crippen LogP contribution in [0.4, 0.5) is 0 Å². The molecular weight excluding hydrogens is 1370 g/mol. The number of phenols is 1. The van der Waals surface area contributed by atoms with Crippen LogP contribution >= 0.6 is 0 Å². The van der Waals surface area contributed by atoms with Crippen molar-refractivity contribution in [2.45, 2.75) is 203 Å². The predicted molar refractivity (Wildman–Crippen MR) is 360 cm³/mol. The van der Waals surface area contributed by atoms with Crippen LogP contribution in [0.25, 0.3) is 0 Å². The number of carboxylic acids is 6. The summed E-state index contributed by atoms with van der Waals surface area (Å²) in [6, 6.07) is -5.73. The van der Waals surface area contributed by atoms with Crippen LogP contribution in [0, 0.1) is 11.8 Å². The molecule has 104 heavy (non-hydrogen) atoms. The van der Waals surface area contributed by atoms with Gasteiger partial charge in [0.1, 0.15) is 72.2 Å². The van der Waals surface area contributed by atoms with E-state index in [9.17, 15) is 122 Å². The molecule has 21 N–H and O–H groups in total. The molecule has 3 rings (SSSR count). The third-order valence-corrected chi connectivity index (χ3v) is 16.5. The van der Waals surface area contributed by atoms with Crippen LogP contribution in [0.1, 0.15) is 135 Å². The van der Waals surface area contributed by atoms with Gasteiger partial charge in [0.05, 0.1) is 13.0 Å². The lowest BCUT2D eigenvalue weighted by molar-refractivity contribution is -0.144. The number of phenolic OH excluding ortho intramolecular Hbond substituents is 1. The zero-order valence-corrected chi connectivity index (χ0v) is 57.7. The molecule has 1 heterocycles. The number of primary amides is 1. The number of nitrogens with one attached hydrogen (secondary N) is 10. The molecule has 1 aliphatic rings. The fourth-order valence-electron chi connectivity index (χ4n) is 10.8. The molecule has 38 heteroatoms. The molecular formula is C66H93N13O25. The van der Waals surface area contributed by atoms with Crippen molar-refractivity contribution in [1.29, 1.82) is 0 Å². The number of amides is 12. The summed E-state index contributed by atoms with van der Waals surface area (Å²) in [4.78, 5) is 239. The maximum Gasteiger partial charge on any atom is 0.326 e. The molecule has 0 spiro atoms. The minimum absolute atomic E-state index is 0.109. The summed E-state index contributed by atoms with van der Waals surface area (Å²) in [7, 11) is 0. The fourth-order valence-corrected chi connectivity index (χ4v) is 10.8. The highest BCUT2D eigenvalue weighted by Crippen LogP contribution is 2.23. The Morgan fingerprint density at radius 3 is 1.26 bits per heavy atom. The molecule has 2 aromatic carbocycles. The van der Waals surface area contributed by atoms with Crippen molar-refractivity contribution in [3.05, 3.63) is 65.7 Å². The van der Waals surface area contributed by atoms with Crippen molar-refractivity contribution >= 4 is 107 Å². The Hall–Kier alpha value is -11.3. The quantitative estimate of drug-likeness (QED) is 0.0304. The molecule has 0 radical (unpaired) electrons. The Morgan fingerprint density at radius 1 is 0.462 bits per heavy atom. The zero-order valence-electron chi connectivity index (χ0n) is 57.7. The van der Waals surface area contributed by atoms with Crippen molar-refractivity contribution in [3.63, 3.8) is 0 Å². The molecule has 12 amide bonds. The van der Waals surface area contributed by atoms with Gasteiger partial charge in [0, 0.05) is 51.5 Å². The molecule has 0 aliphatic carbocycles. The molecule has 0 bridgehead atoms. The highest BCUT2D eigenvalue weighted by molar-refractivity contribution is 6.00. The van der Waals surface area contributed by atoms with E-state index in [1.807, 2.05) is 0 Å². The first-order chi connectivity index (χ1) is 48.9. The summed E-state index contributed by atoms with van der Waals surface area (Å²) in [5, 5.41) is 91.8. The van der Waals surface area contributed by atoms with Gasteiger partial charge < -0.3 is 105 Å². The molecule has 1 fully saturated rings. The fraction of sp³-hybridized carbons (Fsp3) is 0.545. The maximum absolute atomic E-state index is 14.8. The van der Waals surface area contributed by atoms with Crippen molar-refractivity contribution in [3.8, 4) is 5.75 Å². The van der Waals surface area contributed by atoms with Gasteiger partial charge >= 0.3 is 35.8 Å². The Bertz CT molecular complexity index is 3410. The van der Waals surface area contributed by atoms with Crippen molar-refractivity contribution in [2.75, 3.05) is 13.1 Å². The summed E-state index contributed by atoms with van der Waals surface area (Å²) in [6.45, 7) is 5.63. The normalized spacial score (nSPS) is 15.6. The van der Waals surface area contributed by atoms with E-state index in [1.54, 1.807) is 51.1 Å². The number of hydrogen-bond acceptors (Lipinski definition) is 20. The van der Waals surface area contributed by atoms with E-state index >= 15 is 0 Å². The molecule has 572 valence electrons. The van der Waals surface area contributed by atoms with Crippen molar-refractivity contribution < 1.29 is 122 Å². The second kappa shape index (κ2) is 43.5. The number of nitrogens with two attached hydrogens (primary N) is 2. The Balaban J connectivity index is 1.99. The minimum Gasteiger partial charge on any atom is -0.508 e. The summed E-state index contributed by atoms with van der Waals surface area (Å²) in [6.07, 6.45) is -8.55. The van der Waals surface area contributed by atoms with Crippen molar-refractivity contribution in [1.82, 2.24) is 58.1 Å². The molecule has 0 saturated carbocycles. The molecule has 2 aromatic rings. The Morgan fingerprint density at radius 2 is 0.846 bits per heavy atom. The first kappa shape index (κ1) is 86.9. The summed E-state index contributed by atoms with van der Waals surface area (Å²) < 4.78 is 0. The lowest BCUT2D eigenvalue weighted by Gasteiger charge is -2.33. The zero-order chi connectivity index (χ0) is 78.1. The number of carbonyl (C=O) groups is 18. The number of aliphatic carboxylic acids is 6. The second-order valence-electron chi connectivity index (χ2n) is 25.2. The molecule has 0 unspecified atom stereocenters. The van der Waals surface area contributed by atoms with Gasteiger partial charge in [-0.1, -0.05) is 76.6 Å². The van der Waals surface area contributed by atoms with Gasteiger partial charge in [-0.15, -0.1) is 0 Å². The highest BCUT2D eigenvalue weighted by Gasteiger charge is 2.43. The van der Waals surface area contributed by atoms with Gasteiger partial charge in [-0.05, 0) is 86.5 Å². The van der Waals surface area contributed by atoms with Crippen LogP contribution in [-0.2, 0) is 99.1 Å². The average molecular weight is 1470 g/mol. The van der Waals surface area contributed by atoms with E-state index in [0.717, 1.165) is 4.90 Å². The molecule has 1 aliphatic heterocycles. The average Bonchev–Trinajstić information content (AvgIpc) is 0.942. The Kier molecular flexibility index (Phi) is 36.3. The van der Waals surface area contributed by atoms with Crippen LogP contribution < -0.4 is 64.6 Å².